The lowest BCUT2D eigenvalue weighted by atomic mass is 9.83. The van der Waals surface area contributed by atoms with Gasteiger partial charge in [0.25, 0.3) is 0 Å². The zero-order valence-corrected chi connectivity index (χ0v) is 17.9. The molecule has 1 aliphatic rings. The molecule has 0 saturated heterocycles. The maximum atomic E-state index is 6.22. The molecule has 0 amide bonds. The average Bonchev–Trinajstić information content (AvgIpc) is 3.21. The number of aryl methyl sites for hydroxylation is 1. The van der Waals surface area contributed by atoms with Gasteiger partial charge in [-0.25, -0.2) is 4.98 Å². The molecule has 0 radical (unpaired) electrons. The highest BCUT2D eigenvalue weighted by Crippen LogP contribution is 2.43. The van der Waals surface area contributed by atoms with Gasteiger partial charge in [-0.05, 0) is 49.1 Å². The molecule has 0 saturated carbocycles. The van der Waals surface area contributed by atoms with Gasteiger partial charge in [0.05, 0.1) is 24.0 Å². The lowest BCUT2D eigenvalue weighted by molar-refractivity contribution is 0.101. The van der Waals surface area contributed by atoms with Crippen LogP contribution in [0.25, 0.3) is 5.65 Å². The zero-order valence-electron chi connectivity index (χ0n) is 17.1. The Hall–Kier alpha value is -2.82. The molecule has 0 spiro atoms. The van der Waals surface area contributed by atoms with Gasteiger partial charge >= 0.3 is 0 Å². The van der Waals surface area contributed by atoms with Crippen molar-refractivity contribution in [1.29, 1.82) is 0 Å². The fourth-order valence-corrected chi connectivity index (χ4v) is 4.40. The molecule has 0 aliphatic carbocycles. The largest absolute Gasteiger partial charge is 0.356 e. The summed E-state index contributed by atoms with van der Waals surface area (Å²) < 4.78 is 8.42. The van der Waals surface area contributed by atoms with E-state index in [1.165, 1.54) is 22.5 Å². The lowest BCUT2D eigenvalue weighted by Crippen LogP contribution is -2.49. The van der Waals surface area contributed by atoms with Crippen LogP contribution in [0.15, 0.2) is 85.2 Å². The van der Waals surface area contributed by atoms with Crippen molar-refractivity contribution in [2.75, 3.05) is 11.6 Å². The molecule has 1 unspecified atom stereocenters. The van der Waals surface area contributed by atoms with E-state index < -0.39 is 0 Å². The van der Waals surface area contributed by atoms with Crippen LogP contribution in [0.4, 0.5) is 5.69 Å². The second-order valence-electron chi connectivity index (χ2n) is 7.87. The van der Waals surface area contributed by atoms with E-state index in [4.69, 9.17) is 4.74 Å². The highest BCUT2D eigenvalue weighted by molar-refractivity contribution is 5.85. The van der Waals surface area contributed by atoms with Crippen molar-refractivity contribution >= 4 is 23.7 Å². The molecular weight excluding hydrogens is 394 g/mol. The highest BCUT2D eigenvalue weighted by Gasteiger charge is 2.40. The fraction of sp³-hybridized carbons (Fsp3) is 0.240. The topological polar surface area (TPSA) is 29.8 Å². The van der Waals surface area contributed by atoms with Crippen molar-refractivity contribution in [2.45, 2.75) is 31.9 Å². The second kappa shape index (κ2) is 8.50. The van der Waals surface area contributed by atoms with Gasteiger partial charge in [0.2, 0.25) is 0 Å². The molecule has 4 nitrogen and oxygen atoms in total. The summed E-state index contributed by atoms with van der Waals surface area (Å²) in [7, 11) is 0. The van der Waals surface area contributed by atoms with Crippen molar-refractivity contribution < 1.29 is 4.74 Å². The van der Waals surface area contributed by atoms with Crippen molar-refractivity contribution in [3.05, 3.63) is 102 Å². The van der Waals surface area contributed by atoms with Gasteiger partial charge in [-0.3, -0.25) is 0 Å². The Labute approximate surface area is 183 Å². The third kappa shape index (κ3) is 3.57. The number of imidazole rings is 1. The number of benzene rings is 2. The Morgan fingerprint density at radius 2 is 1.73 bits per heavy atom. The first-order valence-corrected chi connectivity index (χ1v) is 10.2. The number of anilines is 1. The molecule has 0 bridgehead atoms. The van der Waals surface area contributed by atoms with Crippen LogP contribution in [0.2, 0.25) is 0 Å². The van der Waals surface area contributed by atoms with Gasteiger partial charge < -0.3 is 14.0 Å². The van der Waals surface area contributed by atoms with E-state index in [9.17, 15) is 0 Å². The quantitative estimate of drug-likeness (QED) is 0.421. The minimum atomic E-state index is -0.203. The molecule has 30 heavy (non-hydrogen) atoms. The van der Waals surface area contributed by atoms with E-state index in [1.807, 2.05) is 18.3 Å². The Morgan fingerprint density at radius 1 is 0.967 bits per heavy atom. The number of hydrogen-bond acceptors (Lipinski definition) is 3. The van der Waals surface area contributed by atoms with Crippen molar-refractivity contribution in [1.82, 2.24) is 9.38 Å². The summed E-state index contributed by atoms with van der Waals surface area (Å²) in [6, 6.07) is 25.2. The van der Waals surface area contributed by atoms with Crippen LogP contribution >= 0.6 is 12.4 Å². The van der Waals surface area contributed by atoms with Crippen LogP contribution < -0.4 is 4.90 Å². The highest BCUT2D eigenvalue weighted by atomic mass is 35.5. The Morgan fingerprint density at radius 3 is 2.60 bits per heavy atom. The Balaban J connectivity index is 0.00000218. The first-order valence-electron chi connectivity index (χ1n) is 10.2. The molecule has 154 valence electrons. The summed E-state index contributed by atoms with van der Waals surface area (Å²) in [5.41, 5.74) is 5.79. The predicted octanol–water partition coefficient (Wildman–Crippen LogP) is 5.60. The number of halogens is 1. The number of nitrogens with zero attached hydrogens (tertiary/aromatic N) is 3. The SMILES string of the molecule is CC1(c2cnc3ccccn23)CCc2ccccc2N1COCc1ccccc1.Cl. The van der Waals surface area contributed by atoms with Crippen LogP contribution in [0.3, 0.4) is 0 Å². The molecule has 2 aromatic heterocycles. The third-order valence-electron chi connectivity index (χ3n) is 6.06. The first kappa shape index (κ1) is 20.5. The van der Waals surface area contributed by atoms with Gasteiger partial charge in [0.1, 0.15) is 12.4 Å². The summed E-state index contributed by atoms with van der Waals surface area (Å²) in [6.45, 7) is 3.44. The fourth-order valence-electron chi connectivity index (χ4n) is 4.40. The summed E-state index contributed by atoms with van der Waals surface area (Å²) in [6.07, 6.45) is 6.18. The lowest BCUT2D eigenvalue weighted by Gasteiger charge is -2.46. The number of hydrogen-bond donors (Lipinski definition) is 0. The van der Waals surface area contributed by atoms with Crippen LogP contribution in [-0.2, 0) is 23.3 Å². The number of para-hydroxylation sites is 1. The first-order chi connectivity index (χ1) is 14.3. The van der Waals surface area contributed by atoms with E-state index in [0.29, 0.717) is 13.3 Å². The van der Waals surface area contributed by atoms with E-state index in [1.54, 1.807) is 0 Å². The average molecular weight is 420 g/mol. The normalized spacial score (nSPS) is 18.1. The minimum Gasteiger partial charge on any atom is -0.356 e. The van der Waals surface area contributed by atoms with Crippen LogP contribution in [0.5, 0.6) is 0 Å². The van der Waals surface area contributed by atoms with Gasteiger partial charge in [-0.1, -0.05) is 54.6 Å². The number of pyridine rings is 1. The smallest absolute Gasteiger partial charge is 0.136 e. The monoisotopic (exact) mass is 419 g/mol. The van der Waals surface area contributed by atoms with E-state index in [2.05, 4.69) is 88.1 Å². The second-order valence-corrected chi connectivity index (χ2v) is 7.87. The van der Waals surface area contributed by atoms with Crippen LogP contribution in [-0.4, -0.2) is 16.1 Å². The van der Waals surface area contributed by atoms with Crippen LogP contribution in [0.1, 0.15) is 30.2 Å². The van der Waals surface area contributed by atoms with E-state index >= 15 is 0 Å². The van der Waals surface area contributed by atoms with Gasteiger partial charge in [-0.15, -0.1) is 12.4 Å². The van der Waals surface area contributed by atoms with Crippen molar-refractivity contribution in [3.63, 3.8) is 0 Å². The number of ether oxygens (including phenoxy) is 1. The molecule has 0 fully saturated rings. The van der Waals surface area contributed by atoms with E-state index in [-0.39, 0.29) is 17.9 Å². The van der Waals surface area contributed by atoms with Gasteiger partial charge in [0.15, 0.2) is 0 Å². The summed E-state index contributed by atoms with van der Waals surface area (Å²) >= 11 is 0. The van der Waals surface area contributed by atoms with Crippen molar-refractivity contribution in [2.24, 2.45) is 0 Å². The molecule has 3 heterocycles. The van der Waals surface area contributed by atoms with E-state index in [0.717, 1.165) is 18.5 Å². The van der Waals surface area contributed by atoms with Gasteiger partial charge in [-0.2, -0.15) is 0 Å². The maximum absolute atomic E-state index is 6.22. The third-order valence-corrected chi connectivity index (χ3v) is 6.06. The summed E-state index contributed by atoms with van der Waals surface area (Å²) in [4.78, 5) is 7.06. The van der Waals surface area contributed by atoms with Gasteiger partial charge in [0, 0.05) is 11.9 Å². The maximum Gasteiger partial charge on any atom is 0.136 e. The molecule has 1 aliphatic heterocycles. The molecule has 5 rings (SSSR count). The van der Waals surface area contributed by atoms with Crippen molar-refractivity contribution in [3.8, 4) is 0 Å². The molecule has 5 heteroatoms. The number of fused-ring (bicyclic) bond motifs is 2. The molecular formula is C25H26ClN3O. The Bertz CT molecular complexity index is 1130. The van der Waals surface area contributed by atoms with Crippen LogP contribution in [0, 0.1) is 0 Å². The standard InChI is InChI=1S/C25H25N3O.ClH/c1-25(23-17-26-24-13-7-8-16-27(23)24)15-14-21-11-5-6-12-22(21)28(25)19-29-18-20-9-3-2-4-10-20;/h2-13,16-17H,14-15,18-19H2,1H3;1H. The predicted molar refractivity (Wildman–Crippen MR) is 123 cm³/mol. The Kier molecular flexibility index (Phi) is 5.80. The molecule has 4 aromatic rings. The molecule has 0 N–H and O–H groups in total. The summed E-state index contributed by atoms with van der Waals surface area (Å²) in [5, 5.41) is 0. The molecule has 2 aromatic carbocycles. The molecule has 1 atom stereocenters. The zero-order chi connectivity index (χ0) is 19.7. The minimum absolute atomic E-state index is 0. The number of aromatic nitrogens is 2. The summed E-state index contributed by atoms with van der Waals surface area (Å²) in [5.74, 6) is 0. The number of rotatable bonds is 5.